The van der Waals surface area contributed by atoms with E-state index in [-0.39, 0.29) is 17.3 Å². The number of alkyl halides is 3. The number of carbonyl (C=O) groups excluding carboxylic acids is 1. The number of nitrogens with zero attached hydrogens (tertiary/aromatic N) is 5. The molecule has 3 aliphatic heterocycles. The summed E-state index contributed by atoms with van der Waals surface area (Å²) in [5, 5.41) is 2.59. The van der Waals surface area contributed by atoms with E-state index in [0.717, 1.165) is 32.1 Å². The highest BCUT2D eigenvalue weighted by Crippen LogP contribution is 2.40. The smallest absolute Gasteiger partial charge is 0.378 e. The molecule has 2 aromatic heterocycles. The monoisotopic (exact) mass is 615 g/mol. The Balaban J connectivity index is 1.36. The predicted molar refractivity (Wildman–Crippen MR) is 156 cm³/mol. The zero-order valence-electron chi connectivity index (χ0n) is 24.2. The molecular formula is C30H33F4N7O3. The number of hydrogen-bond acceptors (Lipinski definition) is 8. The first kappa shape index (κ1) is 30.0. The molecule has 14 heteroatoms. The van der Waals surface area contributed by atoms with Gasteiger partial charge in [0.05, 0.1) is 35.7 Å². The Morgan fingerprint density at radius 3 is 2.55 bits per heavy atom. The lowest BCUT2D eigenvalue weighted by atomic mass is 10.0. The predicted octanol–water partition coefficient (Wildman–Crippen LogP) is 4.00. The van der Waals surface area contributed by atoms with Gasteiger partial charge in [-0.05, 0) is 44.0 Å². The maximum Gasteiger partial charge on any atom is 0.417 e. The third-order valence-corrected chi connectivity index (χ3v) is 8.57. The van der Waals surface area contributed by atoms with Gasteiger partial charge in [-0.3, -0.25) is 14.5 Å². The minimum absolute atomic E-state index is 0.0853. The second kappa shape index (κ2) is 12.2. The first-order chi connectivity index (χ1) is 21.1. The van der Waals surface area contributed by atoms with E-state index in [1.807, 2.05) is 9.80 Å². The fraction of sp³-hybridized carbons (Fsp3) is 0.467. The van der Waals surface area contributed by atoms with E-state index in [0.29, 0.717) is 68.6 Å². The van der Waals surface area contributed by atoms with Crippen LogP contribution in [0.15, 0.2) is 41.6 Å². The number of pyridine rings is 1. The van der Waals surface area contributed by atoms with E-state index in [1.54, 1.807) is 0 Å². The number of rotatable bonds is 7. The number of H-pyrrole nitrogens is 1. The maximum absolute atomic E-state index is 15.8. The summed E-state index contributed by atoms with van der Waals surface area (Å²) < 4.78 is 62.5. The summed E-state index contributed by atoms with van der Waals surface area (Å²) in [5.74, 6) is -0.841. The molecule has 0 aliphatic carbocycles. The van der Waals surface area contributed by atoms with Crippen LogP contribution in [0.25, 0.3) is 11.1 Å². The van der Waals surface area contributed by atoms with Gasteiger partial charge in [0.15, 0.2) is 0 Å². The van der Waals surface area contributed by atoms with Crippen molar-refractivity contribution < 1.29 is 27.1 Å². The third kappa shape index (κ3) is 6.00. The molecule has 10 nitrogen and oxygen atoms in total. The molecule has 234 valence electrons. The summed E-state index contributed by atoms with van der Waals surface area (Å²) in [6.07, 6.45) is 0.754. The van der Waals surface area contributed by atoms with Crippen molar-refractivity contribution in [1.29, 1.82) is 0 Å². The van der Waals surface area contributed by atoms with Crippen LogP contribution in [-0.4, -0.2) is 84.3 Å². The number of fused-ring (bicyclic) bond motifs is 1. The topological polar surface area (TPSA) is 107 Å². The van der Waals surface area contributed by atoms with Gasteiger partial charge in [0.2, 0.25) is 11.5 Å². The zero-order valence-corrected chi connectivity index (χ0v) is 24.2. The number of likely N-dealkylation sites (tertiary alicyclic amines) is 1. The van der Waals surface area contributed by atoms with Gasteiger partial charge < -0.3 is 24.8 Å². The number of morpholine rings is 1. The van der Waals surface area contributed by atoms with E-state index in [1.165, 1.54) is 24.5 Å². The molecule has 0 bridgehead atoms. The SMILES string of the molecule is CCCN1CCC2CN(c3cc(F)c(-c4cnc(N5CCOCC5)nc4)cc3NC(=O)c3c[nH]c(=O)cc3C(F)(F)F)CC21. The summed E-state index contributed by atoms with van der Waals surface area (Å²) in [7, 11) is 0. The van der Waals surface area contributed by atoms with E-state index in [4.69, 9.17) is 4.74 Å². The molecule has 0 radical (unpaired) electrons. The van der Waals surface area contributed by atoms with Gasteiger partial charge in [0.1, 0.15) is 5.82 Å². The third-order valence-electron chi connectivity index (χ3n) is 8.57. The maximum atomic E-state index is 15.8. The summed E-state index contributed by atoms with van der Waals surface area (Å²) in [6, 6.07) is 3.33. The highest BCUT2D eigenvalue weighted by molar-refractivity contribution is 6.07. The number of aromatic amines is 1. The van der Waals surface area contributed by atoms with Crippen molar-refractivity contribution in [3.05, 3.63) is 64.1 Å². The summed E-state index contributed by atoms with van der Waals surface area (Å²) in [6.45, 7) is 7.60. The number of carbonyl (C=O) groups is 1. The molecule has 1 aromatic carbocycles. The van der Waals surface area contributed by atoms with Crippen LogP contribution in [0.5, 0.6) is 0 Å². The fourth-order valence-corrected chi connectivity index (χ4v) is 6.43. The van der Waals surface area contributed by atoms with Crippen LogP contribution in [0, 0.1) is 11.7 Å². The van der Waals surface area contributed by atoms with Crippen molar-refractivity contribution in [3.63, 3.8) is 0 Å². The van der Waals surface area contributed by atoms with Gasteiger partial charge >= 0.3 is 6.18 Å². The van der Waals surface area contributed by atoms with Crippen LogP contribution >= 0.6 is 0 Å². The molecule has 3 aliphatic rings. The Hall–Kier alpha value is -4.04. The van der Waals surface area contributed by atoms with Crippen LogP contribution in [0.3, 0.4) is 0 Å². The van der Waals surface area contributed by atoms with Crippen LogP contribution in [-0.2, 0) is 10.9 Å². The second-order valence-corrected chi connectivity index (χ2v) is 11.4. The van der Waals surface area contributed by atoms with E-state index in [9.17, 15) is 22.8 Å². The number of ether oxygens (including phenoxy) is 1. The van der Waals surface area contributed by atoms with Crippen molar-refractivity contribution in [1.82, 2.24) is 19.9 Å². The first-order valence-electron chi connectivity index (χ1n) is 14.7. The summed E-state index contributed by atoms with van der Waals surface area (Å²) in [5.41, 5.74) is -2.16. The van der Waals surface area contributed by atoms with Crippen molar-refractivity contribution in [2.24, 2.45) is 5.92 Å². The number of nitrogens with one attached hydrogen (secondary N) is 2. The molecule has 3 saturated heterocycles. The zero-order chi connectivity index (χ0) is 31.0. The molecule has 2 N–H and O–H groups in total. The molecule has 0 spiro atoms. The molecule has 2 atom stereocenters. The molecule has 5 heterocycles. The second-order valence-electron chi connectivity index (χ2n) is 11.4. The van der Waals surface area contributed by atoms with Crippen LogP contribution in [0.2, 0.25) is 0 Å². The van der Waals surface area contributed by atoms with Crippen LogP contribution in [0.1, 0.15) is 35.7 Å². The number of anilines is 3. The van der Waals surface area contributed by atoms with Crippen LogP contribution in [0.4, 0.5) is 34.9 Å². The van der Waals surface area contributed by atoms with Crippen LogP contribution < -0.4 is 20.7 Å². The lowest BCUT2D eigenvalue weighted by Crippen LogP contribution is -2.37. The number of benzene rings is 1. The van der Waals surface area contributed by atoms with Gasteiger partial charge in [-0.25, -0.2) is 14.4 Å². The highest BCUT2D eigenvalue weighted by atomic mass is 19.4. The van der Waals surface area contributed by atoms with E-state index >= 15 is 4.39 Å². The number of amides is 1. The Morgan fingerprint density at radius 1 is 1.09 bits per heavy atom. The fourth-order valence-electron chi connectivity index (χ4n) is 6.43. The minimum atomic E-state index is -4.94. The minimum Gasteiger partial charge on any atom is -0.378 e. The number of halogens is 4. The number of hydrogen-bond donors (Lipinski definition) is 2. The van der Waals surface area contributed by atoms with Gasteiger partial charge in [-0.2, -0.15) is 13.2 Å². The van der Waals surface area contributed by atoms with Gasteiger partial charge in [-0.15, -0.1) is 0 Å². The Morgan fingerprint density at radius 2 is 1.84 bits per heavy atom. The van der Waals surface area contributed by atoms with Crippen molar-refractivity contribution in [2.75, 3.05) is 67.6 Å². The van der Waals surface area contributed by atoms with E-state index < -0.39 is 34.6 Å². The summed E-state index contributed by atoms with van der Waals surface area (Å²) >= 11 is 0. The van der Waals surface area contributed by atoms with Crippen molar-refractivity contribution in [2.45, 2.75) is 32.0 Å². The first-order valence-corrected chi connectivity index (χ1v) is 14.7. The standard InChI is InChI=1S/C30H33F4N7O3/c1-2-4-39-5-3-18-16-41(17-26(18)39)25-12-23(31)20(19-13-36-29(37-14-19)40-6-8-44-9-7-40)10-24(25)38-28(43)21-15-35-27(42)11-22(21)30(32,33)34/h10-15,18,26H,2-9,16-17H2,1H3,(H,35,42)(H,38,43). The lowest BCUT2D eigenvalue weighted by molar-refractivity contribution is -0.138. The lowest BCUT2D eigenvalue weighted by Gasteiger charge is -2.27. The average molecular weight is 616 g/mol. The normalized spacial score (nSPS) is 20.7. The highest BCUT2D eigenvalue weighted by Gasteiger charge is 2.42. The molecule has 2 unspecified atom stereocenters. The molecule has 6 rings (SSSR count). The Labute approximate surface area is 251 Å². The van der Waals surface area contributed by atoms with Gasteiger partial charge in [0, 0.05) is 68.0 Å². The van der Waals surface area contributed by atoms with Crippen molar-refractivity contribution >= 4 is 23.2 Å². The van der Waals surface area contributed by atoms with Gasteiger partial charge in [0.25, 0.3) is 5.91 Å². The quantitative estimate of drug-likeness (QED) is 0.385. The number of aromatic nitrogens is 3. The molecule has 3 fully saturated rings. The van der Waals surface area contributed by atoms with E-state index in [2.05, 4.69) is 32.1 Å². The van der Waals surface area contributed by atoms with Gasteiger partial charge in [-0.1, -0.05) is 6.92 Å². The summed E-state index contributed by atoms with van der Waals surface area (Å²) in [4.78, 5) is 42.3. The van der Waals surface area contributed by atoms with Crippen molar-refractivity contribution in [3.8, 4) is 11.1 Å². The Bertz CT molecular complexity index is 1570. The molecule has 3 aromatic rings. The molecular weight excluding hydrogens is 582 g/mol. The largest absolute Gasteiger partial charge is 0.417 e. The molecule has 44 heavy (non-hydrogen) atoms. The molecule has 0 saturated carbocycles. The Kier molecular flexibility index (Phi) is 8.29. The molecule has 1 amide bonds. The average Bonchev–Trinajstić information content (AvgIpc) is 3.60.